The Balaban J connectivity index is 1.77. The van der Waals surface area contributed by atoms with Crippen molar-refractivity contribution in [3.63, 3.8) is 0 Å². The number of piperazine rings is 1. The van der Waals surface area contributed by atoms with Gasteiger partial charge in [0.05, 0.1) is 0 Å². The lowest BCUT2D eigenvalue weighted by Crippen LogP contribution is -2.43. The molecule has 2 aliphatic heterocycles. The van der Waals surface area contributed by atoms with Crippen LogP contribution in [0.15, 0.2) is 24.3 Å². The largest absolute Gasteiger partial charge is 0.316 e. The summed E-state index contributed by atoms with van der Waals surface area (Å²) in [5, 5.41) is 7.08. The van der Waals surface area contributed by atoms with Crippen molar-refractivity contribution in [3.05, 3.63) is 35.4 Å². The van der Waals surface area contributed by atoms with Gasteiger partial charge in [-0.1, -0.05) is 24.3 Å². The molecule has 0 radical (unpaired) electrons. The Bertz CT molecular complexity index is 398. The molecule has 1 aromatic carbocycles. The molecule has 18 heavy (non-hydrogen) atoms. The van der Waals surface area contributed by atoms with E-state index in [1.807, 2.05) is 0 Å². The number of nitrogens with zero attached hydrogens (tertiary/aromatic N) is 1. The molecule has 3 nitrogen and oxygen atoms in total. The summed E-state index contributed by atoms with van der Waals surface area (Å²) in [6.45, 7) is 5.67. The lowest BCUT2D eigenvalue weighted by Gasteiger charge is -2.31. The van der Waals surface area contributed by atoms with Gasteiger partial charge >= 0.3 is 0 Å². The molecule has 0 bridgehead atoms. The third-order valence-corrected chi connectivity index (χ3v) is 4.22. The van der Waals surface area contributed by atoms with Crippen molar-refractivity contribution >= 4 is 0 Å². The van der Waals surface area contributed by atoms with E-state index in [1.54, 1.807) is 0 Å². The van der Waals surface area contributed by atoms with Crippen LogP contribution in [0.2, 0.25) is 0 Å². The molecule has 0 saturated carbocycles. The maximum atomic E-state index is 3.63. The number of nitrogens with one attached hydrogen (secondary N) is 2. The second-order valence-electron chi connectivity index (χ2n) is 5.63. The maximum absolute atomic E-state index is 3.63. The first-order valence-corrected chi connectivity index (χ1v) is 7.05. The first kappa shape index (κ1) is 12.2. The van der Waals surface area contributed by atoms with E-state index in [0.717, 1.165) is 26.2 Å². The van der Waals surface area contributed by atoms with Gasteiger partial charge in [0.15, 0.2) is 0 Å². The Morgan fingerprint density at radius 2 is 2.11 bits per heavy atom. The molecule has 3 rings (SSSR count). The molecule has 98 valence electrons. The number of hydrogen-bond donors (Lipinski definition) is 2. The van der Waals surface area contributed by atoms with E-state index >= 15 is 0 Å². The Kier molecular flexibility index (Phi) is 3.64. The molecular weight excluding hydrogens is 222 g/mol. The van der Waals surface area contributed by atoms with Crippen LogP contribution >= 0.6 is 0 Å². The van der Waals surface area contributed by atoms with Gasteiger partial charge in [-0.25, -0.2) is 0 Å². The Morgan fingerprint density at radius 3 is 2.89 bits per heavy atom. The SMILES string of the molecule is CN1CCNC(c2cccc(C3CCNC3)c2)C1. The van der Waals surface area contributed by atoms with Crippen molar-refractivity contribution in [2.75, 3.05) is 39.8 Å². The molecule has 0 spiro atoms. The van der Waals surface area contributed by atoms with Gasteiger partial charge in [0.1, 0.15) is 0 Å². The molecule has 2 saturated heterocycles. The summed E-state index contributed by atoms with van der Waals surface area (Å²) < 4.78 is 0. The average molecular weight is 245 g/mol. The van der Waals surface area contributed by atoms with Crippen LogP contribution in [0, 0.1) is 0 Å². The van der Waals surface area contributed by atoms with E-state index < -0.39 is 0 Å². The fraction of sp³-hybridized carbons (Fsp3) is 0.600. The van der Waals surface area contributed by atoms with E-state index in [4.69, 9.17) is 0 Å². The lowest BCUT2D eigenvalue weighted by atomic mass is 9.94. The summed E-state index contributed by atoms with van der Waals surface area (Å²) >= 11 is 0. The number of benzene rings is 1. The van der Waals surface area contributed by atoms with Crippen molar-refractivity contribution in [3.8, 4) is 0 Å². The van der Waals surface area contributed by atoms with E-state index in [9.17, 15) is 0 Å². The van der Waals surface area contributed by atoms with Crippen LogP contribution in [0.4, 0.5) is 0 Å². The molecule has 2 unspecified atom stereocenters. The van der Waals surface area contributed by atoms with Crippen LogP contribution in [0.1, 0.15) is 29.5 Å². The van der Waals surface area contributed by atoms with Gasteiger partial charge in [-0.15, -0.1) is 0 Å². The number of rotatable bonds is 2. The van der Waals surface area contributed by atoms with Gasteiger partial charge in [-0.3, -0.25) is 0 Å². The van der Waals surface area contributed by atoms with Crippen molar-refractivity contribution < 1.29 is 0 Å². The predicted molar refractivity (Wildman–Crippen MR) is 74.9 cm³/mol. The molecule has 2 fully saturated rings. The molecular formula is C15H23N3. The fourth-order valence-corrected chi connectivity index (χ4v) is 3.09. The zero-order valence-corrected chi connectivity index (χ0v) is 11.2. The van der Waals surface area contributed by atoms with Gasteiger partial charge < -0.3 is 15.5 Å². The second-order valence-corrected chi connectivity index (χ2v) is 5.63. The van der Waals surface area contributed by atoms with Crippen LogP contribution in [-0.4, -0.2) is 44.7 Å². The summed E-state index contributed by atoms with van der Waals surface area (Å²) in [5.74, 6) is 0.714. The van der Waals surface area contributed by atoms with Crippen molar-refractivity contribution in [2.24, 2.45) is 0 Å². The van der Waals surface area contributed by atoms with Gasteiger partial charge in [0.25, 0.3) is 0 Å². The highest BCUT2D eigenvalue weighted by Gasteiger charge is 2.21. The third kappa shape index (κ3) is 2.58. The van der Waals surface area contributed by atoms with E-state index in [1.165, 1.54) is 24.1 Å². The Morgan fingerprint density at radius 1 is 1.22 bits per heavy atom. The standard InChI is InChI=1S/C15H23N3/c1-18-8-7-17-15(11-18)13-4-2-3-12(9-13)14-5-6-16-10-14/h2-4,9,14-17H,5-8,10-11H2,1H3. The average Bonchev–Trinajstić information content (AvgIpc) is 2.93. The molecule has 2 atom stereocenters. The monoisotopic (exact) mass is 245 g/mol. The van der Waals surface area contributed by atoms with Gasteiger partial charge in [-0.2, -0.15) is 0 Å². The highest BCUT2D eigenvalue weighted by molar-refractivity contribution is 5.30. The fourth-order valence-electron chi connectivity index (χ4n) is 3.09. The molecule has 2 aliphatic rings. The topological polar surface area (TPSA) is 27.3 Å². The molecule has 2 heterocycles. The van der Waals surface area contributed by atoms with E-state index in [2.05, 4.69) is 46.8 Å². The minimum atomic E-state index is 0.498. The van der Waals surface area contributed by atoms with Crippen LogP contribution in [0.25, 0.3) is 0 Å². The normalized spacial score (nSPS) is 29.6. The van der Waals surface area contributed by atoms with E-state index in [0.29, 0.717) is 12.0 Å². The van der Waals surface area contributed by atoms with Crippen LogP contribution in [0.3, 0.4) is 0 Å². The predicted octanol–water partition coefficient (Wildman–Crippen LogP) is 1.34. The van der Waals surface area contributed by atoms with Crippen LogP contribution in [0.5, 0.6) is 0 Å². The smallest absolute Gasteiger partial charge is 0.0449 e. The summed E-state index contributed by atoms with van der Waals surface area (Å²) in [7, 11) is 2.21. The van der Waals surface area contributed by atoms with Crippen molar-refractivity contribution in [2.45, 2.75) is 18.4 Å². The molecule has 0 amide bonds. The van der Waals surface area contributed by atoms with E-state index in [-0.39, 0.29) is 0 Å². The number of likely N-dealkylation sites (N-methyl/N-ethyl adjacent to an activating group) is 1. The Labute approximate surface area is 110 Å². The zero-order valence-electron chi connectivity index (χ0n) is 11.2. The molecule has 2 N–H and O–H groups in total. The molecule has 0 aliphatic carbocycles. The Hall–Kier alpha value is -0.900. The molecule has 0 aromatic heterocycles. The minimum Gasteiger partial charge on any atom is -0.316 e. The summed E-state index contributed by atoms with van der Waals surface area (Å²) in [6, 6.07) is 9.68. The summed E-state index contributed by atoms with van der Waals surface area (Å²) in [4.78, 5) is 2.41. The third-order valence-electron chi connectivity index (χ3n) is 4.22. The van der Waals surface area contributed by atoms with Gasteiger partial charge in [0.2, 0.25) is 0 Å². The first-order valence-electron chi connectivity index (χ1n) is 7.05. The summed E-state index contributed by atoms with van der Waals surface area (Å²) in [6.07, 6.45) is 1.28. The van der Waals surface area contributed by atoms with Crippen LogP contribution in [-0.2, 0) is 0 Å². The zero-order chi connectivity index (χ0) is 12.4. The van der Waals surface area contributed by atoms with Crippen LogP contribution < -0.4 is 10.6 Å². The highest BCUT2D eigenvalue weighted by atomic mass is 15.2. The molecule has 1 aromatic rings. The first-order chi connectivity index (χ1) is 8.83. The van der Waals surface area contributed by atoms with Crippen molar-refractivity contribution in [1.29, 1.82) is 0 Å². The minimum absolute atomic E-state index is 0.498. The van der Waals surface area contributed by atoms with Crippen molar-refractivity contribution in [1.82, 2.24) is 15.5 Å². The molecule has 3 heteroatoms. The quantitative estimate of drug-likeness (QED) is 0.823. The summed E-state index contributed by atoms with van der Waals surface area (Å²) in [5.41, 5.74) is 2.96. The highest BCUT2D eigenvalue weighted by Crippen LogP contribution is 2.25. The van der Waals surface area contributed by atoms with Gasteiger partial charge in [-0.05, 0) is 37.1 Å². The lowest BCUT2D eigenvalue weighted by molar-refractivity contribution is 0.241. The second kappa shape index (κ2) is 5.39. The number of hydrogen-bond acceptors (Lipinski definition) is 3. The maximum Gasteiger partial charge on any atom is 0.0449 e. The van der Waals surface area contributed by atoms with Gasteiger partial charge in [0, 0.05) is 32.2 Å².